The molecule has 0 radical (unpaired) electrons. The fourth-order valence-electron chi connectivity index (χ4n) is 2.96. The average Bonchev–Trinajstić information content (AvgIpc) is 3.41. The summed E-state index contributed by atoms with van der Waals surface area (Å²) in [6.07, 6.45) is 2.20. The maximum absolute atomic E-state index is 12.9. The molecule has 0 atom stereocenters. The highest BCUT2D eigenvalue weighted by Crippen LogP contribution is 2.39. The van der Waals surface area contributed by atoms with Crippen molar-refractivity contribution >= 4 is 38.9 Å². The molecule has 1 fully saturated rings. The molecule has 150 valence electrons. The fraction of sp³-hybridized carbons (Fsp3) is 0.200. The van der Waals surface area contributed by atoms with Gasteiger partial charge in [0.25, 0.3) is 15.9 Å². The van der Waals surface area contributed by atoms with E-state index in [2.05, 4.69) is 20.2 Å². The molecule has 29 heavy (non-hydrogen) atoms. The predicted octanol–water partition coefficient (Wildman–Crippen LogP) is 4.30. The molecule has 1 aromatic heterocycles. The van der Waals surface area contributed by atoms with Crippen molar-refractivity contribution in [2.24, 2.45) is 0 Å². The van der Waals surface area contributed by atoms with Crippen molar-refractivity contribution in [1.29, 1.82) is 0 Å². The number of aromatic nitrogens is 2. The van der Waals surface area contributed by atoms with Gasteiger partial charge < -0.3 is 5.32 Å². The minimum Gasteiger partial charge on any atom is -0.321 e. The summed E-state index contributed by atoms with van der Waals surface area (Å²) in [6, 6.07) is 13.0. The summed E-state index contributed by atoms with van der Waals surface area (Å²) in [5.74, 6) is 0.0514. The van der Waals surface area contributed by atoms with Gasteiger partial charge in [0.15, 0.2) is 5.69 Å². The Morgan fingerprint density at radius 3 is 2.66 bits per heavy atom. The second kappa shape index (κ2) is 7.53. The lowest BCUT2D eigenvalue weighted by Crippen LogP contribution is -2.16. The van der Waals surface area contributed by atoms with Crippen molar-refractivity contribution in [3.8, 4) is 0 Å². The second-order valence-electron chi connectivity index (χ2n) is 7.00. The van der Waals surface area contributed by atoms with Crippen LogP contribution in [0.5, 0.6) is 0 Å². The van der Waals surface area contributed by atoms with Crippen molar-refractivity contribution in [2.75, 3.05) is 10.0 Å². The number of halogens is 1. The molecule has 1 aliphatic rings. The van der Waals surface area contributed by atoms with Crippen LogP contribution in [0.2, 0.25) is 5.02 Å². The Labute approximate surface area is 173 Å². The van der Waals surface area contributed by atoms with Crippen molar-refractivity contribution < 1.29 is 13.2 Å². The number of amides is 1. The third-order valence-electron chi connectivity index (χ3n) is 4.70. The number of hydrogen-bond acceptors (Lipinski definition) is 4. The van der Waals surface area contributed by atoms with E-state index in [9.17, 15) is 13.2 Å². The number of nitrogens with zero attached hydrogens (tertiary/aromatic N) is 1. The topological polar surface area (TPSA) is 104 Å². The van der Waals surface area contributed by atoms with Crippen LogP contribution in [0.25, 0.3) is 0 Å². The van der Waals surface area contributed by atoms with Gasteiger partial charge in [-0.1, -0.05) is 29.8 Å². The van der Waals surface area contributed by atoms with E-state index < -0.39 is 15.9 Å². The molecule has 0 spiro atoms. The second-order valence-corrected chi connectivity index (χ2v) is 9.06. The van der Waals surface area contributed by atoms with E-state index >= 15 is 0 Å². The largest absolute Gasteiger partial charge is 0.321 e. The number of hydrogen-bond donors (Lipinski definition) is 3. The SMILES string of the molecule is Cc1ccc(NC(=O)c2cc(C3CC3)[nH]n2)cc1S(=O)(=O)Nc1ccccc1Cl. The predicted molar refractivity (Wildman–Crippen MR) is 112 cm³/mol. The highest BCUT2D eigenvalue weighted by Gasteiger charge is 2.26. The van der Waals surface area contributed by atoms with E-state index in [4.69, 9.17) is 11.6 Å². The van der Waals surface area contributed by atoms with Crippen LogP contribution in [-0.2, 0) is 10.0 Å². The lowest BCUT2D eigenvalue weighted by Gasteiger charge is -2.13. The zero-order chi connectivity index (χ0) is 20.6. The Kier molecular flexibility index (Phi) is 5.06. The monoisotopic (exact) mass is 430 g/mol. The average molecular weight is 431 g/mol. The molecule has 0 aliphatic heterocycles. The Bertz CT molecular complexity index is 1190. The van der Waals surface area contributed by atoms with Crippen LogP contribution >= 0.6 is 11.6 Å². The quantitative estimate of drug-likeness (QED) is 0.542. The summed E-state index contributed by atoms with van der Waals surface area (Å²) in [7, 11) is -3.90. The third-order valence-corrected chi connectivity index (χ3v) is 6.54. The molecule has 1 saturated carbocycles. The van der Waals surface area contributed by atoms with Crippen LogP contribution in [0.4, 0.5) is 11.4 Å². The maximum atomic E-state index is 12.9. The number of nitrogens with one attached hydrogen (secondary N) is 3. The molecular formula is C20H19ClN4O3S. The van der Waals surface area contributed by atoms with Gasteiger partial charge in [-0.2, -0.15) is 5.10 Å². The van der Waals surface area contributed by atoms with E-state index in [0.717, 1.165) is 18.5 Å². The van der Waals surface area contributed by atoms with E-state index in [0.29, 0.717) is 22.2 Å². The Morgan fingerprint density at radius 1 is 1.17 bits per heavy atom. The van der Waals surface area contributed by atoms with Gasteiger partial charge in [0, 0.05) is 17.3 Å². The van der Waals surface area contributed by atoms with Gasteiger partial charge in [-0.3, -0.25) is 14.6 Å². The molecule has 1 amide bonds. The van der Waals surface area contributed by atoms with Crippen LogP contribution in [-0.4, -0.2) is 24.5 Å². The lowest BCUT2D eigenvalue weighted by molar-refractivity contribution is 0.102. The summed E-state index contributed by atoms with van der Waals surface area (Å²) in [6.45, 7) is 1.68. The minimum atomic E-state index is -3.90. The van der Waals surface area contributed by atoms with E-state index in [1.165, 1.54) is 6.07 Å². The van der Waals surface area contributed by atoms with Crippen molar-refractivity contribution in [1.82, 2.24) is 10.2 Å². The fourth-order valence-corrected chi connectivity index (χ4v) is 4.55. The maximum Gasteiger partial charge on any atom is 0.276 e. The van der Waals surface area contributed by atoms with Crippen LogP contribution in [0.3, 0.4) is 0 Å². The number of anilines is 2. The third kappa shape index (κ3) is 4.28. The minimum absolute atomic E-state index is 0.0518. The first-order valence-electron chi connectivity index (χ1n) is 9.08. The van der Waals surface area contributed by atoms with Gasteiger partial charge in [-0.15, -0.1) is 0 Å². The Balaban J connectivity index is 1.56. The number of carbonyl (C=O) groups is 1. The molecule has 0 unspecified atom stereocenters. The first-order chi connectivity index (χ1) is 13.8. The Morgan fingerprint density at radius 2 is 1.93 bits per heavy atom. The van der Waals surface area contributed by atoms with Crippen molar-refractivity contribution in [3.63, 3.8) is 0 Å². The van der Waals surface area contributed by atoms with Crippen LogP contribution < -0.4 is 10.0 Å². The molecule has 0 saturated heterocycles. The van der Waals surface area contributed by atoms with E-state index in [1.54, 1.807) is 49.4 Å². The number of rotatable bonds is 6. The Hall–Kier alpha value is -2.84. The van der Waals surface area contributed by atoms with Gasteiger partial charge in [0.1, 0.15) is 0 Å². The van der Waals surface area contributed by atoms with Gasteiger partial charge >= 0.3 is 0 Å². The van der Waals surface area contributed by atoms with Crippen LogP contribution in [0, 0.1) is 6.92 Å². The standard InChI is InChI=1S/C20H19ClN4O3S/c1-12-6-9-14(22-20(26)18-11-17(23-24-18)13-7-8-13)10-19(12)29(27,28)25-16-5-3-2-4-15(16)21/h2-6,9-11,13,25H,7-8H2,1H3,(H,22,26)(H,23,24). The zero-order valence-corrected chi connectivity index (χ0v) is 17.1. The van der Waals surface area contributed by atoms with Crippen LogP contribution in [0.1, 0.15) is 40.5 Å². The molecule has 4 rings (SSSR count). The molecular weight excluding hydrogens is 412 g/mol. The summed E-state index contributed by atoms with van der Waals surface area (Å²) < 4.78 is 28.2. The van der Waals surface area contributed by atoms with Crippen molar-refractivity contribution in [3.05, 3.63) is 70.5 Å². The zero-order valence-electron chi connectivity index (χ0n) is 15.6. The molecule has 9 heteroatoms. The van der Waals surface area contributed by atoms with Gasteiger partial charge in [-0.25, -0.2) is 8.42 Å². The van der Waals surface area contributed by atoms with E-state index in [1.807, 2.05) is 0 Å². The molecule has 3 N–H and O–H groups in total. The molecule has 3 aromatic rings. The first-order valence-corrected chi connectivity index (χ1v) is 10.9. The number of para-hydroxylation sites is 1. The first kappa shape index (κ1) is 19.5. The molecule has 0 bridgehead atoms. The molecule has 7 nitrogen and oxygen atoms in total. The van der Waals surface area contributed by atoms with Gasteiger partial charge in [0.05, 0.1) is 15.6 Å². The summed E-state index contributed by atoms with van der Waals surface area (Å²) in [4.78, 5) is 12.5. The number of carbonyl (C=O) groups excluding carboxylic acids is 1. The molecule has 1 aliphatic carbocycles. The number of sulfonamides is 1. The summed E-state index contributed by atoms with van der Waals surface area (Å²) in [5.41, 5.74) is 2.40. The van der Waals surface area contributed by atoms with Crippen LogP contribution in [0.15, 0.2) is 53.4 Å². The number of H-pyrrole nitrogens is 1. The normalized spacial score (nSPS) is 13.9. The summed E-state index contributed by atoms with van der Waals surface area (Å²) >= 11 is 6.06. The number of aromatic amines is 1. The molecule has 1 heterocycles. The summed E-state index contributed by atoms with van der Waals surface area (Å²) in [5, 5.41) is 9.93. The van der Waals surface area contributed by atoms with Crippen molar-refractivity contribution in [2.45, 2.75) is 30.6 Å². The highest BCUT2D eigenvalue weighted by molar-refractivity contribution is 7.92. The van der Waals surface area contributed by atoms with Gasteiger partial charge in [-0.05, 0) is 55.7 Å². The smallest absolute Gasteiger partial charge is 0.276 e. The van der Waals surface area contributed by atoms with Gasteiger partial charge in [0.2, 0.25) is 0 Å². The number of aryl methyl sites for hydroxylation is 1. The lowest BCUT2D eigenvalue weighted by atomic mass is 10.2. The van der Waals surface area contributed by atoms with E-state index in [-0.39, 0.29) is 16.3 Å². The number of benzene rings is 2. The molecule has 2 aromatic carbocycles. The highest BCUT2D eigenvalue weighted by atomic mass is 35.5.